The molecule has 134 valence electrons. The minimum atomic E-state index is -1.80. The van der Waals surface area contributed by atoms with Crippen LogP contribution in [-0.4, -0.2) is 21.8 Å². The second-order valence-corrected chi connectivity index (χ2v) is 5.08. The molecule has 2 rings (SSSR count). The summed E-state index contributed by atoms with van der Waals surface area (Å²) in [6, 6.07) is 1.53. The van der Waals surface area contributed by atoms with Crippen LogP contribution in [0.15, 0.2) is 15.6 Å². The van der Waals surface area contributed by atoms with E-state index in [4.69, 9.17) is 9.52 Å². The summed E-state index contributed by atoms with van der Waals surface area (Å²) < 4.78 is 58.5. The van der Waals surface area contributed by atoms with Crippen molar-refractivity contribution >= 4 is 17.4 Å². The third-order valence-corrected chi connectivity index (χ3v) is 3.28. The van der Waals surface area contributed by atoms with E-state index >= 15 is 0 Å². The van der Waals surface area contributed by atoms with Crippen molar-refractivity contribution in [2.75, 3.05) is 5.43 Å². The van der Waals surface area contributed by atoms with Gasteiger partial charge in [-0.1, -0.05) is 0 Å². The number of nitrogens with one attached hydrogen (secondary N) is 1. The quantitative estimate of drug-likeness (QED) is 0.357. The molecule has 0 fully saturated rings. The van der Waals surface area contributed by atoms with E-state index in [2.05, 4.69) is 10.1 Å². The second kappa shape index (κ2) is 7.32. The first kappa shape index (κ1) is 18.4. The van der Waals surface area contributed by atoms with Crippen LogP contribution in [0.5, 0.6) is 0 Å². The van der Waals surface area contributed by atoms with Crippen molar-refractivity contribution in [3.63, 3.8) is 0 Å². The smallest absolute Gasteiger partial charge is 0.303 e. The van der Waals surface area contributed by atoms with Crippen LogP contribution in [0.4, 0.5) is 23.2 Å². The lowest BCUT2D eigenvalue weighted by molar-refractivity contribution is -0.137. The molecular weight excluding hydrogens is 346 g/mol. The van der Waals surface area contributed by atoms with E-state index in [-0.39, 0.29) is 18.6 Å². The SMILES string of the molecule is C/C(=N/Nc1c(F)c(F)nc(F)c1F)c1cc(CCC(=O)O)oc1C. The van der Waals surface area contributed by atoms with Crippen LogP contribution in [0, 0.1) is 30.5 Å². The summed E-state index contributed by atoms with van der Waals surface area (Å²) in [6.07, 6.45) is 0.0216. The molecule has 25 heavy (non-hydrogen) atoms. The average Bonchev–Trinajstić information content (AvgIpc) is 2.92. The monoisotopic (exact) mass is 359 g/mol. The summed E-state index contributed by atoms with van der Waals surface area (Å²) in [5.74, 6) is -7.22. The normalized spacial score (nSPS) is 11.7. The molecular formula is C15H13F4N3O3. The Morgan fingerprint density at radius 3 is 2.44 bits per heavy atom. The van der Waals surface area contributed by atoms with Crippen molar-refractivity contribution in [3.05, 3.63) is 46.7 Å². The number of aliphatic carboxylic acids is 1. The molecule has 6 nitrogen and oxygen atoms in total. The largest absolute Gasteiger partial charge is 0.481 e. The zero-order valence-electron chi connectivity index (χ0n) is 13.2. The number of furan rings is 1. The Kier molecular flexibility index (Phi) is 5.40. The van der Waals surface area contributed by atoms with Crippen LogP contribution < -0.4 is 5.43 Å². The number of hydrogen-bond acceptors (Lipinski definition) is 5. The van der Waals surface area contributed by atoms with Gasteiger partial charge in [0.2, 0.25) is 11.6 Å². The lowest BCUT2D eigenvalue weighted by Crippen LogP contribution is -2.07. The van der Waals surface area contributed by atoms with Gasteiger partial charge in [0, 0.05) is 12.0 Å². The van der Waals surface area contributed by atoms with Gasteiger partial charge in [-0.15, -0.1) is 0 Å². The predicted octanol–water partition coefficient (Wildman–Crippen LogP) is 3.39. The van der Waals surface area contributed by atoms with Crippen molar-refractivity contribution in [2.45, 2.75) is 26.7 Å². The topological polar surface area (TPSA) is 87.7 Å². The maximum Gasteiger partial charge on any atom is 0.303 e. The number of nitrogens with zero attached hydrogens (tertiary/aromatic N) is 2. The molecule has 0 radical (unpaired) electrons. The summed E-state index contributed by atoms with van der Waals surface area (Å²) in [4.78, 5) is 13.0. The fourth-order valence-corrected chi connectivity index (χ4v) is 2.04. The van der Waals surface area contributed by atoms with Gasteiger partial charge < -0.3 is 9.52 Å². The van der Waals surface area contributed by atoms with Gasteiger partial charge in [0.15, 0.2) is 0 Å². The molecule has 0 saturated heterocycles. The Bertz CT molecular complexity index is 823. The molecule has 2 heterocycles. The van der Waals surface area contributed by atoms with Crippen molar-refractivity contribution < 1.29 is 31.9 Å². The molecule has 0 aliphatic carbocycles. The third-order valence-electron chi connectivity index (χ3n) is 3.28. The van der Waals surface area contributed by atoms with E-state index in [0.29, 0.717) is 17.1 Å². The Labute approximate surface area is 139 Å². The predicted molar refractivity (Wildman–Crippen MR) is 79.3 cm³/mol. The highest BCUT2D eigenvalue weighted by Gasteiger charge is 2.21. The van der Waals surface area contributed by atoms with Gasteiger partial charge in [-0.05, 0) is 19.9 Å². The molecule has 10 heteroatoms. The van der Waals surface area contributed by atoms with Gasteiger partial charge in [-0.25, -0.2) is 0 Å². The molecule has 0 aliphatic rings. The van der Waals surface area contributed by atoms with Crippen molar-refractivity contribution in [3.8, 4) is 0 Å². The Morgan fingerprint density at radius 2 is 1.88 bits per heavy atom. The summed E-state index contributed by atoms with van der Waals surface area (Å²) in [5.41, 5.74) is 1.47. The standard InChI is InChI=1S/C15H13F4N3O3/c1-6(9-5-8(25-7(9)2)3-4-10(23)24)21-22-13-11(16)14(18)20-15(19)12(13)17/h5H,3-4H2,1-2H3,(H,20,22)(H,23,24)/b21-6-. The first-order chi connectivity index (χ1) is 11.7. The number of pyridine rings is 1. The maximum absolute atomic E-state index is 13.5. The van der Waals surface area contributed by atoms with Crippen molar-refractivity contribution in [2.24, 2.45) is 5.10 Å². The number of hydrogen-bond donors (Lipinski definition) is 2. The summed E-state index contributed by atoms with van der Waals surface area (Å²) in [5, 5.41) is 12.3. The number of halogens is 4. The number of carboxylic acid groups (broad SMARTS) is 1. The third kappa shape index (κ3) is 4.14. The maximum atomic E-state index is 13.5. The van der Waals surface area contributed by atoms with E-state index < -0.39 is 35.2 Å². The number of anilines is 1. The molecule has 0 bridgehead atoms. The highest BCUT2D eigenvalue weighted by Crippen LogP contribution is 2.23. The Morgan fingerprint density at radius 1 is 1.28 bits per heavy atom. The van der Waals surface area contributed by atoms with Gasteiger partial charge in [0.1, 0.15) is 17.2 Å². The molecule has 0 spiro atoms. The van der Waals surface area contributed by atoms with E-state index in [1.165, 1.54) is 13.0 Å². The average molecular weight is 359 g/mol. The van der Waals surface area contributed by atoms with Crippen LogP contribution in [-0.2, 0) is 11.2 Å². The van der Waals surface area contributed by atoms with Crippen LogP contribution in [0.2, 0.25) is 0 Å². The molecule has 2 aromatic heterocycles. The number of carboxylic acids is 1. The zero-order chi connectivity index (χ0) is 18.7. The molecule has 0 aromatic carbocycles. The Balaban J connectivity index is 2.24. The fourth-order valence-electron chi connectivity index (χ4n) is 2.04. The van der Waals surface area contributed by atoms with Crippen LogP contribution in [0.25, 0.3) is 0 Å². The molecule has 2 aromatic rings. The highest BCUT2D eigenvalue weighted by molar-refractivity contribution is 6.00. The number of aromatic nitrogens is 1. The van der Waals surface area contributed by atoms with Gasteiger partial charge in [-0.2, -0.15) is 27.6 Å². The number of carbonyl (C=O) groups is 1. The second-order valence-electron chi connectivity index (χ2n) is 5.08. The molecule has 0 aliphatic heterocycles. The number of rotatable bonds is 6. The number of hydrazone groups is 1. The molecule has 0 amide bonds. The van der Waals surface area contributed by atoms with Crippen LogP contribution in [0.3, 0.4) is 0 Å². The fraction of sp³-hybridized carbons (Fsp3) is 0.267. The van der Waals surface area contributed by atoms with E-state index in [1.54, 1.807) is 6.92 Å². The summed E-state index contributed by atoms with van der Waals surface area (Å²) in [6.45, 7) is 3.06. The van der Waals surface area contributed by atoms with Gasteiger partial charge in [0.25, 0.3) is 11.9 Å². The minimum Gasteiger partial charge on any atom is -0.481 e. The highest BCUT2D eigenvalue weighted by atomic mass is 19.2. The van der Waals surface area contributed by atoms with Gasteiger partial charge >= 0.3 is 5.97 Å². The van der Waals surface area contributed by atoms with Gasteiger partial charge in [-0.3, -0.25) is 10.2 Å². The van der Waals surface area contributed by atoms with Crippen LogP contribution in [0.1, 0.15) is 30.4 Å². The van der Waals surface area contributed by atoms with Crippen molar-refractivity contribution in [1.29, 1.82) is 0 Å². The molecule has 0 saturated carbocycles. The van der Waals surface area contributed by atoms with Crippen LogP contribution >= 0.6 is 0 Å². The first-order valence-corrected chi connectivity index (χ1v) is 7.02. The Hall–Kier alpha value is -2.91. The van der Waals surface area contributed by atoms with Gasteiger partial charge in [0.05, 0.1) is 12.1 Å². The van der Waals surface area contributed by atoms with Crippen molar-refractivity contribution in [1.82, 2.24) is 4.98 Å². The van der Waals surface area contributed by atoms with E-state index in [0.717, 1.165) is 0 Å². The van der Waals surface area contributed by atoms with E-state index in [9.17, 15) is 22.4 Å². The lowest BCUT2D eigenvalue weighted by atomic mass is 10.1. The zero-order valence-corrected chi connectivity index (χ0v) is 13.2. The lowest BCUT2D eigenvalue weighted by Gasteiger charge is -2.06. The summed E-state index contributed by atoms with van der Waals surface area (Å²) in [7, 11) is 0. The number of aryl methyl sites for hydroxylation is 2. The minimum absolute atomic E-state index is 0.132. The molecule has 0 unspecified atom stereocenters. The van der Waals surface area contributed by atoms with E-state index in [1.807, 2.05) is 5.43 Å². The molecule has 0 atom stereocenters. The summed E-state index contributed by atoms with van der Waals surface area (Å²) >= 11 is 0. The molecule has 2 N–H and O–H groups in total. The first-order valence-electron chi connectivity index (χ1n) is 7.02.